The predicted molar refractivity (Wildman–Crippen MR) is 157 cm³/mol. The number of phenols is 1. The van der Waals surface area contributed by atoms with Crippen molar-refractivity contribution < 1.29 is 28.7 Å². The molecule has 7 heteroatoms. The minimum atomic E-state index is -1.43. The van der Waals surface area contributed by atoms with Crippen LogP contribution in [0.25, 0.3) is 5.57 Å². The zero-order valence-electron chi connectivity index (χ0n) is 23.6. The number of ketones is 2. The first-order valence-corrected chi connectivity index (χ1v) is 14.7. The van der Waals surface area contributed by atoms with Crippen LogP contribution in [0, 0.1) is 29.5 Å². The summed E-state index contributed by atoms with van der Waals surface area (Å²) in [4.78, 5) is 57.8. The number of nitrogens with zero attached hydrogens (tertiary/aromatic N) is 1. The van der Waals surface area contributed by atoms with Gasteiger partial charge in [0.25, 0.3) is 0 Å². The number of imide groups is 1. The molecule has 3 aromatic carbocycles. The minimum absolute atomic E-state index is 0.199. The maximum absolute atomic E-state index is 15.1. The van der Waals surface area contributed by atoms with E-state index >= 15 is 4.39 Å². The van der Waals surface area contributed by atoms with Gasteiger partial charge >= 0.3 is 0 Å². The number of allylic oxidation sites excluding steroid dienone is 4. The standard InChI is InChI=1S/C36H30FNO5/c1-2-38-34(42)24-15-14-23-26(31(24)35(38)43)18-27-33(41)25(20-9-5-3-6-10-20)19-30(40)36(27,22-11-7-4-8-12-22)32(23)21-13-16-29(39)28(37)17-21/h3-14,16-17,19,24,26-27,31-32,39H,2,15,18H2,1H3. The van der Waals surface area contributed by atoms with E-state index in [0.717, 1.165) is 5.57 Å². The number of carbonyl (C=O) groups is 4. The van der Waals surface area contributed by atoms with Crippen LogP contribution in [-0.4, -0.2) is 39.9 Å². The molecule has 1 N–H and O–H groups in total. The van der Waals surface area contributed by atoms with Crippen molar-refractivity contribution in [2.75, 3.05) is 6.54 Å². The van der Waals surface area contributed by atoms with Gasteiger partial charge in [-0.1, -0.05) is 78.4 Å². The second-order valence-electron chi connectivity index (χ2n) is 11.9. The fourth-order valence-electron chi connectivity index (χ4n) is 8.33. The Labute approximate surface area is 248 Å². The third kappa shape index (κ3) is 3.76. The summed E-state index contributed by atoms with van der Waals surface area (Å²) in [7, 11) is 0. The van der Waals surface area contributed by atoms with Crippen molar-refractivity contribution in [2.24, 2.45) is 23.7 Å². The van der Waals surface area contributed by atoms with Crippen LogP contribution in [0.1, 0.15) is 42.4 Å². The van der Waals surface area contributed by atoms with E-state index in [1.54, 1.807) is 25.1 Å². The lowest BCUT2D eigenvalue weighted by molar-refractivity contribution is -0.140. The van der Waals surface area contributed by atoms with Crippen LogP contribution in [0.15, 0.2) is 96.6 Å². The van der Waals surface area contributed by atoms with Gasteiger partial charge in [-0.25, -0.2) is 4.39 Å². The molecule has 6 unspecified atom stereocenters. The van der Waals surface area contributed by atoms with E-state index in [4.69, 9.17) is 0 Å². The van der Waals surface area contributed by atoms with Gasteiger partial charge in [0, 0.05) is 24.0 Å². The van der Waals surface area contributed by atoms with E-state index in [1.165, 1.54) is 23.1 Å². The molecular formula is C36H30FNO5. The third-order valence-corrected chi connectivity index (χ3v) is 10.1. The van der Waals surface area contributed by atoms with Crippen molar-refractivity contribution in [3.63, 3.8) is 0 Å². The lowest BCUT2D eigenvalue weighted by Gasteiger charge is -2.55. The van der Waals surface area contributed by atoms with Gasteiger partial charge in [0.05, 0.1) is 17.3 Å². The van der Waals surface area contributed by atoms with Crippen molar-refractivity contribution in [1.82, 2.24) is 4.90 Å². The molecule has 0 aromatic heterocycles. The maximum atomic E-state index is 15.1. The van der Waals surface area contributed by atoms with Crippen LogP contribution in [0.4, 0.5) is 4.39 Å². The fourth-order valence-corrected chi connectivity index (χ4v) is 8.33. The van der Waals surface area contributed by atoms with Crippen molar-refractivity contribution >= 4 is 29.0 Å². The van der Waals surface area contributed by atoms with Crippen molar-refractivity contribution in [3.8, 4) is 5.75 Å². The number of Topliss-reactive ketones (excluding diaryl/α,β-unsaturated/α-hetero) is 1. The molecule has 1 heterocycles. The van der Waals surface area contributed by atoms with Crippen LogP contribution in [0.2, 0.25) is 0 Å². The van der Waals surface area contributed by atoms with Crippen LogP contribution < -0.4 is 0 Å². The molecule has 0 spiro atoms. The highest BCUT2D eigenvalue weighted by molar-refractivity contribution is 6.31. The van der Waals surface area contributed by atoms with Gasteiger partial charge in [0.1, 0.15) is 0 Å². The van der Waals surface area contributed by atoms with Gasteiger partial charge in [-0.3, -0.25) is 24.1 Å². The number of amides is 2. The Bertz CT molecular complexity index is 1750. The molecule has 0 bridgehead atoms. The summed E-state index contributed by atoms with van der Waals surface area (Å²) in [5.41, 5.74) is 1.34. The molecule has 6 atom stereocenters. The average molecular weight is 576 g/mol. The van der Waals surface area contributed by atoms with E-state index in [9.17, 15) is 24.3 Å². The molecular weight excluding hydrogens is 545 g/mol. The number of hydrogen-bond donors (Lipinski definition) is 1. The molecule has 216 valence electrons. The smallest absolute Gasteiger partial charge is 0.233 e. The second kappa shape index (κ2) is 9.97. The summed E-state index contributed by atoms with van der Waals surface area (Å²) >= 11 is 0. The van der Waals surface area contributed by atoms with Gasteiger partial charge in [0.15, 0.2) is 23.1 Å². The molecule has 1 saturated heterocycles. The van der Waals surface area contributed by atoms with Crippen LogP contribution in [0.5, 0.6) is 5.75 Å². The van der Waals surface area contributed by atoms with E-state index in [1.807, 2.05) is 54.6 Å². The van der Waals surface area contributed by atoms with Crippen molar-refractivity contribution in [3.05, 3.63) is 119 Å². The van der Waals surface area contributed by atoms with Gasteiger partial charge in [-0.05, 0) is 60.6 Å². The highest BCUT2D eigenvalue weighted by Crippen LogP contribution is 2.63. The Morgan fingerprint density at radius 2 is 1.60 bits per heavy atom. The van der Waals surface area contributed by atoms with Gasteiger partial charge in [-0.2, -0.15) is 0 Å². The minimum Gasteiger partial charge on any atom is -0.505 e. The quantitative estimate of drug-likeness (QED) is 0.334. The lowest BCUT2D eigenvalue weighted by Crippen LogP contribution is -2.58. The van der Waals surface area contributed by atoms with Gasteiger partial charge in [0.2, 0.25) is 11.8 Å². The highest BCUT2D eigenvalue weighted by atomic mass is 19.1. The Hall–Kier alpha value is -4.65. The first kappa shape index (κ1) is 27.2. The monoisotopic (exact) mass is 575 g/mol. The first-order valence-electron chi connectivity index (χ1n) is 14.7. The molecule has 1 saturated carbocycles. The summed E-state index contributed by atoms with van der Waals surface area (Å²) in [6, 6.07) is 22.3. The Balaban J connectivity index is 1.52. The van der Waals surface area contributed by atoms with Crippen LogP contribution in [0.3, 0.4) is 0 Å². The summed E-state index contributed by atoms with van der Waals surface area (Å²) in [5, 5.41) is 10.1. The largest absolute Gasteiger partial charge is 0.505 e. The summed E-state index contributed by atoms with van der Waals surface area (Å²) in [6.45, 7) is 2.03. The zero-order chi connectivity index (χ0) is 30.0. The Kier molecular flexibility index (Phi) is 6.31. The van der Waals surface area contributed by atoms with Crippen LogP contribution >= 0.6 is 0 Å². The van der Waals surface area contributed by atoms with Crippen LogP contribution in [-0.2, 0) is 24.6 Å². The fraction of sp³-hybridized carbons (Fsp3) is 0.278. The molecule has 4 aliphatic rings. The molecule has 1 aliphatic heterocycles. The Morgan fingerprint density at radius 3 is 2.28 bits per heavy atom. The topological polar surface area (TPSA) is 91.8 Å². The number of carbonyl (C=O) groups excluding carboxylic acids is 4. The molecule has 0 radical (unpaired) electrons. The summed E-state index contributed by atoms with van der Waals surface area (Å²) < 4.78 is 15.1. The average Bonchev–Trinajstić information content (AvgIpc) is 3.28. The molecule has 7 rings (SSSR count). The summed E-state index contributed by atoms with van der Waals surface area (Å²) in [6.07, 6.45) is 3.89. The number of benzene rings is 3. The van der Waals surface area contributed by atoms with E-state index in [2.05, 4.69) is 0 Å². The number of rotatable bonds is 4. The first-order chi connectivity index (χ1) is 20.8. The molecule has 6 nitrogen and oxygen atoms in total. The normalized spacial score (nSPS) is 29.9. The molecule has 2 amide bonds. The highest BCUT2D eigenvalue weighted by Gasteiger charge is 2.65. The van der Waals surface area contributed by atoms with Crippen molar-refractivity contribution in [2.45, 2.75) is 31.1 Å². The zero-order valence-corrected chi connectivity index (χ0v) is 23.6. The summed E-state index contributed by atoms with van der Waals surface area (Å²) in [5.74, 6) is -5.72. The van der Waals surface area contributed by atoms with Gasteiger partial charge in [-0.15, -0.1) is 0 Å². The van der Waals surface area contributed by atoms with Crippen molar-refractivity contribution in [1.29, 1.82) is 0 Å². The number of phenolic OH excluding ortho intramolecular Hbond substituents is 1. The number of fused-ring (bicyclic) bond motifs is 4. The SMILES string of the molecule is CCN1C(=O)C2CC=C3C(CC4C(=O)C(c5ccccc5)=CC(=O)C4(c4ccccc4)C3c3ccc(O)c(F)c3)C2C1=O. The van der Waals surface area contributed by atoms with E-state index < -0.39 is 46.6 Å². The number of halogens is 1. The molecule has 3 aliphatic carbocycles. The molecule has 2 fully saturated rings. The van der Waals surface area contributed by atoms with E-state index in [0.29, 0.717) is 28.7 Å². The second-order valence-corrected chi connectivity index (χ2v) is 11.9. The molecule has 3 aromatic rings. The van der Waals surface area contributed by atoms with E-state index in [-0.39, 0.29) is 36.3 Å². The lowest BCUT2D eigenvalue weighted by atomic mass is 9.44. The maximum Gasteiger partial charge on any atom is 0.233 e. The number of aromatic hydroxyl groups is 1. The molecule has 43 heavy (non-hydrogen) atoms. The predicted octanol–water partition coefficient (Wildman–Crippen LogP) is 5.38. The number of hydrogen-bond acceptors (Lipinski definition) is 5. The van der Waals surface area contributed by atoms with Gasteiger partial charge < -0.3 is 5.11 Å². The number of likely N-dealkylation sites (tertiary alicyclic amines) is 1. The third-order valence-electron chi connectivity index (χ3n) is 10.1. The Morgan fingerprint density at radius 1 is 0.907 bits per heavy atom.